The highest BCUT2D eigenvalue weighted by Gasteiger charge is 2.08. The molecule has 2 aromatic rings. The van der Waals surface area contributed by atoms with Crippen molar-refractivity contribution in [3.8, 4) is 0 Å². The van der Waals surface area contributed by atoms with Crippen molar-refractivity contribution >= 4 is 56.4 Å². The lowest BCUT2D eigenvalue weighted by Gasteiger charge is -2.03. The van der Waals surface area contributed by atoms with E-state index < -0.39 is 0 Å². The number of thioether (sulfide) groups is 1. The van der Waals surface area contributed by atoms with Crippen LogP contribution in [-0.4, -0.2) is 6.26 Å². The smallest absolute Gasteiger partial charge is 0.0602 e. The molecule has 0 aliphatic heterocycles. The van der Waals surface area contributed by atoms with Crippen molar-refractivity contribution in [2.75, 3.05) is 6.26 Å². The number of benzene rings is 1. The molecule has 0 spiro atoms. The van der Waals surface area contributed by atoms with E-state index in [0.717, 1.165) is 16.0 Å². The van der Waals surface area contributed by atoms with Gasteiger partial charge in [-0.2, -0.15) is 0 Å². The second-order valence-electron chi connectivity index (χ2n) is 2.89. The summed E-state index contributed by atoms with van der Waals surface area (Å²) in [6, 6.07) is 4.22. The molecule has 0 bridgehead atoms. The Morgan fingerprint density at radius 1 is 1.43 bits per heavy atom. The summed E-state index contributed by atoms with van der Waals surface area (Å²) in [6.07, 6.45) is 2.06. The van der Waals surface area contributed by atoms with E-state index in [1.807, 2.05) is 5.38 Å². The van der Waals surface area contributed by atoms with Gasteiger partial charge in [-0.25, -0.2) is 0 Å². The Kier molecular flexibility index (Phi) is 3.27. The van der Waals surface area contributed by atoms with Crippen LogP contribution in [0.5, 0.6) is 0 Å². The Bertz CT molecular complexity index is 462. The van der Waals surface area contributed by atoms with E-state index in [1.165, 1.54) is 9.60 Å². The quantitative estimate of drug-likeness (QED) is 0.541. The van der Waals surface area contributed by atoms with E-state index in [1.54, 1.807) is 23.1 Å². The van der Waals surface area contributed by atoms with Gasteiger partial charge < -0.3 is 0 Å². The molecule has 4 heteroatoms. The predicted molar refractivity (Wildman–Crippen MR) is 68.2 cm³/mol. The molecule has 2 rings (SSSR count). The third-order valence-electron chi connectivity index (χ3n) is 2.03. The molecule has 0 fully saturated rings. The van der Waals surface area contributed by atoms with Crippen molar-refractivity contribution in [1.29, 1.82) is 0 Å². The maximum Gasteiger partial charge on any atom is 0.0602 e. The standard InChI is InChI=1S/C10H8Cl2S2/c1-13-8-2-6(4-11)3-9-10(8)7(12)5-14-9/h2-3,5H,4H2,1H3. The number of fused-ring (bicyclic) bond motifs is 1. The first-order valence-corrected chi connectivity index (χ1v) is 7.07. The van der Waals surface area contributed by atoms with E-state index in [9.17, 15) is 0 Å². The molecule has 0 nitrogen and oxygen atoms in total. The van der Waals surface area contributed by atoms with Crippen LogP contribution in [0.25, 0.3) is 10.1 Å². The van der Waals surface area contributed by atoms with Gasteiger partial charge in [0.2, 0.25) is 0 Å². The fraction of sp³-hybridized carbons (Fsp3) is 0.200. The first kappa shape index (κ1) is 10.6. The van der Waals surface area contributed by atoms with Gasteiger partial charge in [-0.3, -0.25) is 0 Å². The average molecular weight is 263 g/mol. The Morgan fingerprint density at radius 3 is 2.86 bits per heavy atom. The van der Waals surface area contributed by atoms with Crippen molar-refractivity contribution in [3.63, 3.8) is 0 Å². The molecule has 1 aromatic carbocycles. The minimum atomic E-state index is 0.555. The monoisotopic (exact) mass is 262 g/mol. The van der Waals surface area contributed by atoms with Crippen LogP contribution in [0.1, 0.15) is 5.56 Å². The average Bonchev–Trinajstić information content (AvgIpc) is 2.59. The first-order chi connectivity index (χ1) is 6.76. The molecular formula is C10H8Cl2S2. The molecule has 0 atom stereocenters. The summed E-state index contributed by atoms with van der Waals surface area (Å²) in [4.78, 5) is 1.21. The Hall–Kier alpha value is 0.110. The highest BCUT2D eigenvalue weighted by Crippen LogP contribution is 2.37. The van der Waals surface area contributed by atoms with E-state index in [-0.39, 0.29) is 0 Å². The fourth-order valence-corrected chi connectivity index (χ4v) is 3.65. The number of halogens is 2. The molecule has 0 aliphatic rings. The number of hydrogen-bond donors (Lipinski definition) is 0. The van der Waals surface area contributed by atoms with Gasteiger partial charge in [-0.05, 0) is 24.0 Å². The largest absolute Gasteiger partial charge is 0.142 e. The zero-order valence-corrected chi connectivity index (χ0v) is 10.7. The molecule has 0 radical (unpaired) electrons. The van der Waals surface area contributed by atoms with Gasteiger partial charge in [-0.1, -0.05) is 11.6 Å². The van der Waals surface area contributed by atoms with Crippen molar-refractivity contribution in [2.45, 2.75) is 10.8 Å². The van der Waals surface area contributed by atoms with Crippen LogP contribution in [0.15, 0.2) is 22.4 Å². The van der Waals surface area contributed by atoms with Crippen molar-refractivity contribution in [1.82, 2.24) is 0 Å². The minimum absolute atomic E-state index is 0.555. The van der Waals surface area contributed by atoms with Crippen molar-refractivity contribution in [2.24, 2.45) is 0 Å². The molecule has 0 saturated heterocycles. The zero-order valence-electron chi connectivity index (χ0n) is 7.51. The maximum absolute atomic E-state index is 6.12. The van der Waals surface area contributed by atoms with Crippen LogP contribution >= 0.6 is 46.3 Å². The molecule has 0 unspecified atom stereocenters. The number of thiophene rings is 1. The van der Waals surface area contributed by atoms with Gasteiger partial charge in [0, 0.05) is 26.2 Å². The Balaban J connectivity index is 2.76. The van der Waals surface area contributed by atoms with Crippen LogP contribution in [0.2, 0.25) is 5.02 Å². The molecule has 14 heavy (non-hydrogen) atoms. The molecule has 0 N–H and O–H groups in total. The van der Waals surface area contributed by atoms with Crippen molar-refractivity contribution in [3.05, 3.63) is 28.1 Å². The van der Waals surface area contributed by atoms with Crippen LogP contribution in [0.3, 0.4) is 0 Å². The van der Waals surface area contributed by atoms with Gasteiger partial charge in [-0.15, -0.1) is 34.7 Å². The lowest BCUT2D eigenvalue weighted by molar-refractivity contribution is 1.38. The summed E-state index contributed by atoms with van der Waals surface area (Å²) in [6.45, 7) is 0. The highest BCUT2D eigenvalue weighted by molar-refractivity contribution is 7.98. The third kappa shape index (κ3) is 1.76. The second kappa shape index (κ2) is 4.31. The molecule has 0 aliphatic carbocycles. The SMILES string of the molecule is CSc1cc(CCl)cc2scc(Cl)c12. The molecule has 1 aromatic heterocycles. The molecule has 1 heterocycles. The van der Waals surface area contributed by atoms with E-state index in [2.05, 4.69) is 18.4 Å². The number of alkyl halides is 1. The lowest BCUT2D eigenvalue weighted by atomic mass is 10.2. The predicted octanol–water partition coefficient (Wildman–Crippen LogP) is 5.02. The Morgan fingerprint density at radius 2 is 2.21 bits per heavy atom. The molecular weight excluding hydrogens is 255 g/mol. The third-order valence-corrected chi connectivity index (χ3v) is 4.46. The van der Waals surface area contributed by atoms with Gasteiger partial charge in [0.25, 0.3) is 0 Å². The normalized spacial score (nSPS) is 11.1. The van der Waals surface area contributed by atoms with Gasteiger partial charge in [0.05, 0.1) is 5.02 Å². The summed E-state index contributed by atoms with van der Waals surface area (Å²) < 4.78 is 1.22. The van der Waals surface area contributed by atoms with Gasteiger partial charge in [0.1, 0.15) is 0 Å². The Labute approximate surface area is 101 Å². The van der Waals surface area contributed by atoms with Crippen LogP contribution in [-0.2, 0) is 5.88 Å². The lowest BCUT2D eigenvalue weighted by Crippen LogP contribution is -1.80. The van der Waals surface area contributed by atoms with Crippen LogP contribution in [0, 0.1) is 0 Å². The number of hydrogen-bond acceptors (Lipinski definition) is 2. The maximum atomic E-state index is 6.12. The van der Waals surface area contributed by atoms with E-state index >= 15 is 0 Å². The van der Waals surface area contributed by atoms with Crippen molar-refractivity contribution < 1.29 is 0 Å². The molecule has 0 amide bonds. The van der Waals surface area contributed by atoms with Crippen LogP contribution < -0.4 is 0 Å². The van der Waals surface area contributed by atoms with Crippen LogP contribution in [0.4, 0.5) is 0 Å². The summed E-state index contributed by atoms with van der Waals surface area (Å²) in [5.74, 6) is 0.555. The summed E-state index contributed by atoms with van der Waals surface area (Å²) in [5, 5.41) is 3.98. The number of rotatable bonds is 2. The minimum Gasteiger partial charge on any atom is -0.142 e. The second-order valence-corrected chi connectivity index (χ2v) is 5.32. The topological polar surface area (TPSA) is 0 Å². The fourth-order valence-electron chi connectivity index (χ4n) is 1.38. The van der Waals surface area contributed by atoms with Gasteiger partial charge in [0.15, 0.2) is 0 Å². The summed E-state index contributed by atoms with van der Waals surface area (Å²) in [7, 11) is 0. The van der Waals surface area contributed by atoms with Gasteiger partial charge >= 0.3 is 0 Å². The summed E-state index contributed by atoms with van der Waals surface area (Å²) >= 11 is 15.3. The highest BCUT2D eigenvalue weighted by atomic mass is 35.5. The zero-order chi connectivity index (χ0) is 10.1. The molecule has 0 saturated carbocycles. The molecule has 74 valence electrons. The summed E-state index contributed by atoms with van der Waals surface area (Å²) in [5.41, 5.74) is 1.15. The first-order valence-electron chi connectivity index (χ1n) is 4.06. The van der Waals surface area contributed by atoms with E-state index in [0.29, 0.717) is 5.88 Å². The van der Waals surface area contributed by atoms with E-state index in [4.69, 9.17) is 23.2 Å².